The minimum absolute atomic E-state index is 0.0117. The first kappa shape index (κ1) is 46.1. The Balaban J connectivity index is 1.43. The van der Waals surface area contributed by atoms with Gasteiger partial charge in [0.25, 0.3) is 0 Å². The Morgan fingerprint density at radius 3 is 1.89 bits per heavy atom. The topological polar surface area (TPSA) is 108 Å². The fourth-order valence-electron chi connectivity index (χ4n) is 7.82. The van der Waals surface area contributed by atoms with Crippen molar-refractivity contribution in [3.8, 4) is 11.1 Å². The number of carbonyl (C=O) groups is 2. The van der Waals surface area contributed by atoms with Gasteiger partial charge in [0.05, 0.1) is 18.8 Å². The van der Waals surface area contributed by atoms with Crippen LogP contribution in [0.3, 0.4) is 0 Å². The van der Waals surface area contributed by atoms with Crippen molar-refractivity contribution in [1.29, 1.82) is 0 Å². The molecule has 0 aromatic heterocycles. The van der Waals surface area contributed by atoms with E-state index in [2.05, 4.69) is 72.6 Å². The van der Waals surface area contributed by atoms with Gasteiger partial charge in [-0.15, -0.1) is 0 Å². The van der Waals surface area contributed by atoms with E-state index in [4.69, 9.17) is 14.6 Å². The molecule has 1 heterocycles. The largest absolute Gasteiger partial charge is 0.481 e. The third kappa shape index (κ3) is 17.4. The van der Waals surface area contributed by atoms with Gasteiger partial charge in [0, 0.05) is 37.9 Å². The zero-order valence-corrected chi connectivity index (χ0v) is 35.1. The van der Waals surface area contributed by atoms with E-state index in [1.807, 2.05) is 24.3 Å². The monoisotopic (exact) mass is 785 g/mol. The molecule has 3 N–H and O–H groups in total. The molecule has 3 aromatic rings. The van der Waals surface area contributed by atoms with Crippen LogP contribution in [0.5, 0.6) is 0 Å². The predicted molar refractivity (Wildman–Crippen MR) is 231 cm³/mol. The quantitative estimate of drug-likeness (QED) is 0.0602. The number of benzene rings is 3. The fraction of sp³-hybridized carbons (Fsp3) is 0.592. The first-order valence-corrected chi connectivity index (χ1v) is 22.3. The number of carboxylic acid groups (broad SMARTS) is 1. The molecule has 3 aromatic carbocycles. The molecule has 314 valence electrons. The number of hydrogen-bond donors (Lipinski definition) is 3. The average molecular weight is 785 g/mol. The Hall–Kier alpha value is -3.56. The maximum absolute atomic E-state index is 12.6. The summed E-state index contributed by atoms with van der Waals surface area (Å²) in [5.41, 5.74) is 6.16. The number of nitrogens with one attached hydrogen (secondary N) is 1. The highest BCUT2D eigenvalue weighted by Crippen LogP contribution is 2.39. The van der Waals surface area contributed by atoms with Crippen LogP contribution in [0.1, 0.15) is 170 Å². The number of unbranched alkanes of at least 4 members (excludes halogenated alkanes) is 13. The van der Waals surface area contributed by atoms with E-state index < -0.39 is 12.3 Å². The average Bonchev–Trinajstić information content (AvgIpc) is 3.23. The van der Waals surface area contributed by atoms with Crippen molar-refractivity contribution in [1.82, 2.24) is 10.2 Å². The zero-order valence-electron chi connectivity index (χ0n) is 35.1. The highest BCUT2D eigenvalue weighted by molar-refractivity contribution is 5.76. The fourth-order valence-corrected chi connectivity index (χ4v) is 7.82. The summed E-state index contributed by atoms with van der Waals surface area (Å²) in [7, 11) is 0. The lowest BCUT2D eigenvalue weighted by Crippen LogP contribution is -2.40. The van der Waals surface area contributed by atoms with Crippen LogP contribution in [0, 0.1) is 0 Å². The van der Waals surface area contributed by atoms with Gasteiger partial charge < -0.3 is 29.9 Å². The maximum Gasteiger partial charge on any atom is 0.303 e. The Labute approximate surface area is 343 Å². The Morgan fingerprint density at radius 2 is 1.26 bits per heavy atom. The second-order valence-corrected chi connectivity index (χ2v) is 16.1. The van der Waals surface area contributed by atoms with Gasteiger partial charge in [0.2, 0.25) is 5.91 Å². The lowest BCUT2D eigenvalue weighted by Gasteiger charge is -2.38. The Morgan fingerprint density at radius 1 is 0.684 bits per heavy atom. The predicted octanol–water partition coefficient (Wildman–Crippen LogP) is 11.5. The van der Waals surface area contributed by atoms with Gasteiger partial charge in [0.15, 0.2) is 6.29 Å². The molecular formula is C49H72N2O6. The molecule has 1 aliphatic rings. The van der Waals surface area contributed by atoms with E-state index in [1.54, 1.807) is 0 Å². The normalized spacial score (nSPS) is 16.9. The van der Waals surface area contributed by atoms with E-state index in [1.165, 1.54) is 77.0 Å². The lowest BCUT2D eigenvalue weighted by atomic mass is 9.97. The summed E-state index contributed by atoms with van der Waals surface area (Å²) >= 11 is 0. The number of aliphatic hydroxyl groups excluding tert-OH is 1. The number of ether oxygens (including phenoxy) is 2. The number of carbonyl (C=O) groups excluding carboxylic acids is 1. The van der Waals surface area contributed by atoms with Gasteiger partial charge in [-0.3, -0.25) is 9.59 Å². The molecule has 1 fully saturated rings. The minimum Gasteiger partial charge on any atom is -0.481 e. The molecule has 1 saturated heterocycles. The van der Waals surface area contributed by atoms with E-state index in [0.29, 0.717) is 19.4 Å². The summed E-state index contributed by atoms with van der Waals surface area (Å²) in [5.74, 6) is -0.757. The minimum atomic E-state index is -0.768. The van der Waals surface area contributed by atoms with Crippen LogP contribution >= 0.6 is 0 Å². The van der Waals surface area contributed by atoms with Crippen LogP contribution in [-0.2, 0) is 32.2 Å². The van der Waals surface area contributed by atoms with Crippen molar-refractivity contribution >= 4 is 11.9 Å². The molecule has 1 aliphatic heterocycles. The van der Waals surface area contributed by atoms with E-state index >= 15 is 0 Å². The van der Waals surface area contributed by atoms with Crippen molar-refractivity contribution in [2.75, 3.05) is 19.6 Å². The maximum atomic E-state index is 12.6. The molecule has 0 radical (unpaired) electrons. The number of aliphatic hydroxyl groups is 1. The van der Waals surface area contributed by atoms with Crippen LogP contribution in [0.2, 0.25) is 0 Å². The first-order valence-electron chi connectivity index (χ1n) is 22.3. The van der Waals surface area contributed by atoms with Gasteiger partial charge in [-0.05, 0) is 66.6 Å². The highest BCUT2D eigenvalue weighted by atomic mass is 16.7. The molecule has 0 aliphatic carbocycles. The molecule has 57 heavy (non-hydrogen) atoms. The molecule has 1 amide bonds. The summed E-state index contributed by atoms with van der Waals surface area (Å²) in [6, 6.07) is 24.8. The summed E-state index contributed by atoms with van der Waals surface area (Å²) in [6.07, 6.45) is 19.4. The molecule has 3 atom stereocenters. The van der Waals surface area contributed by atoms with Gasteiger partial charge in [0.1, 0.15) is 0 Å². The van der Waals surface area contributed by atoms with Gasteiger partial charge in [-0.2, -0.15) is 0 Å². The number of carboxylic acids is 1. The van der Waals surface area contributed by atoms with Gasteiger partial charge >= 0.3 is 5.97 Å². The van der Waals surface area contributed by atoms with Crippen LogP contribution in [-0.4, -0.2) is 52.7 Å². The molecule has 0 saturated carbocycles. The Bertz CT molecular complexity index is 1530. The summed E-state index contributed by atoms with van der Waals surface area (Å²) < 4.78 is 13.6. The molecule has 4 rings (SSSR count). The number of aliphatic carboxylic acids is 1. The van der Waals surface area contributed by atoms with Crippen LogP contribution in [0.15, 0.2) is 72.8 Å². The zero-order chi connectivity index (χ0) is 40.5. The standard InChI is InChI=1S/C49H72N2O6/c1-3-5-7-9-13-19-33-51(34-20-14-10-8-6-4-2)37-44-35-46(41-27-25-39(38-52)26-28-41)57-49(56-44)42-31-29-40(30-32-42)45-22-18-17-21-43(45)36-50-47(53)23-15-11-12-16-24-48(54)55/h17-18,21-22,25-32,44,46,49,52H,3-16,19-20,23-24,33-38H2,1-2H3,(H,50,53)(H,54,55). The first-order chi connectivity index (χ1) is 27.9. The van der Waals surface area contributed by atoms with E-state index in [-0.39, 0.29) is 31.1 Å². The lowest BCUT2D eigenvalue weighted by molar-refractivity contribution is -0.253. The van der Waals surface area contributed by atoms with Crippen molar-refractivity contribution in [2.45, 2.75) is 167 Å². The number of nitrogens with zero attached hydrogens (tertiary/aromatic N) is 1. The summed E-state index contributed by atoms with van der Waals surface area (Å²) in [5, 5.41) is 21.6. The van der Waals surface area contributed by atoms with Crippen molar-refractivity contribution in [2.24, 2.45) is 0 Å². The molecule has 0 bridgehead atoms. The van der Waals surface area contributed by atoms with Gasteiger partial charge in [-0.25, -0.2) is 0 Å². The third-order valence-corrected chi connectivity index (χ3v) is 11.3. The number of hydrogen-bond acceptors (Lipinski definition) is 6. The van der Waals surface area contributed by atoms with Crippen molar-refractivity contribution < 1.29 is 29.3 Å². The van der Waals surface area contributed by atoms with Crippen LogP contribution in [0.25, 0.3) is 11.1 Å². The SMILES string of the molecule is CCCCCCCCN(CCCCCCCC)CC1CC(c2ccc(CO)cc2)OC(c2ccc(-c3ccccc3CNC(=O)CCCCCCC(=O)O)cc2)O1. The molecule has 8 heteroatoms. The molecular weight excluding hydrogens is 713 g/mol. The molecule has 8 nitrogen and oxygen atoms in total. The molecule has 3 unspecified atom stereocenters. The highest BCUT2D eigenvalue weighted by Gasteiger charge is 2.33. The Kier molecular flexibility index (Phi) is 22.0. The molecule has 0 spiro atoms. The van der Waals surface area contributed by atoms with Gasteiger partial charge in [-0.1, -0.05) is 164 Å². The van der Waals surface area contributed by atoms with Crippen molar-refractivity contribution in [3.05, 3.63) is 95.1 Å². The number of rotatable bonds is 29. The second kappa shape index (κ2) is 27.2. The third-order valence-electron chi connectivity index (χ3n) is 11.3. The van der Waals surface area contributed by atoms with Crippen LogP contribution in [0.4, 0.5) is 0 Å². The van der Waals surface area contributed by atoms with Crippen molar-refractivity contribution in [3.63, 3.8) is 0 Å². The second-order valence-electron chi connectivity index (χ2n) is 16.1. The number of amides is 1. The summed E-state index contributed by atoms with van der Waals surface area (Å²) in [4.78, 5) is 26.0. The van der Waals surface area contributed by atoms with E-state index in [9.17, 15) is 14.7 Å². The smallest absolute Gasteiger partial charge is 0.303 e. The van der Waals surface area contributed by atoms with E-state index in [0.717, 1.165) is 78.7 Å². The summed E-state index contributed by atoms with van der Waals surface area (Å²) in [6.45, 7) is 8.10. The van der Waals surface area contributed by atoms with Crippen LogP contribution < -0.4 is 5.32 Å².